The molecule has 0 aromatic heterocycles. The lowest BCUT2D eigenvalue weighted by Crippen LogP contribution is -2.35. The SMILES string of the molecule is O=C(Cc1ccc2c(c1)N(S(=O)(=O)c1ccc(F)cc1)CCC2)c1ccc(F)cc1F. The first kappa shape index (κ1) is 21.1. The number of nitrogens with zero attached hydrogens (tertiary/aromatic N) is 1. The second kappa shape index (κ2) is 8.19. The Hall–Kier alpha value is -3.13. The Morgan fingerprint density at radius 3 is 2.32 bits per heavy atom. The van der Waals surface area contributed by atoms with E-state index in [1.807, 2.05) is 0 Å². The summed E-state index contributed by atoms with van der Waals surface area (Å²) >= 11 is 0. The Labute approximate surface area is 178 Å². The number of Topliss-reactive ketones (excluding diaryl/α,β-unsaturated/α-hetero) is 1. The molecule has 3 aromatic rings. The van der Waals surface area contributed by atoms with E-state index in [1.165, 1.54) is 16.4 Å². The molecule has 0 unspecified atom stereocenters. The molecule has 160 valence electrons. The Bertz CT molecular complexity index is 1260. The third-order valence-electron chi connectivity index (χ3n) is 5.22. The van der Waals surface area contributed by atoms with Crippen LogP contribution in [0.5, 0.6) is 0 Å². The molecule has 0 bridgehead atoms. The van der Waals surface area contributed by atoms with Crippen LogP contribution in [0.2, 0.25) is 0 Å². The summed E-state index contributed by atoms with van der Waals surface area (Å²) in [7, 11) is -3.92. The van der Waals surface area contributed by atoms with Gasteiger partial charge >= 0.3 is 0 Å². The van der Waals surface area contributed by atoms with Gasteiger partial charge < -0.3 is 0 Å². The number of aryl methyl sites for hydroxylation is 1. The first-order valence-electron chi connectivity index (χ1n) is 9.64. The Morgan fingerprint density at radius 2 is 1.61 bits per heavy atom. The molecule has 4 nitrogen and oxygen atoms in total. The molecule has 0 amide bonds. The van der Waals surface area contributed by atoms with Crippen molar-refractivity contribution in [2.24, 2.45) is 0 Å². The maximum Gasteiger partial charge on any atom is 0.264 e. The van der Waals surface area contributed by atoms with Crippen molar-refractivity contribution in [3.8, 4) is 0 Å². The van der Waals surface area contributed by atoms with Crippen molar-refractivity contribution in [1.29, 1.82) is 0 Å². The average Bonchev–Trinajstić information content (AvgIpc) is 2.73. The first-order chi connectivity index (χ1) is 14.8. The average molecular weight is 445 g/mol. The summed E-state index contributed by atoms with van der Waals surface area (Å²) < 4.78 is 67.8. The summed E-state index contributed by atoms with van der Waals surface area (Å²) in [5.74, 6) is -2.79. The number of ketones is 1. The lowest BCUT2D eigenvalue weighted by atomic mass is 9.97. The normalized spacial score (nSPS) is 13.7. The number of benzene rings is 3. The molecule has 0 N–H and O–H groups in total. The zero-order chi connectivity index (χ0) is 22.2. The number of hydrogen-bond acceptors (Lipinski definition) is 3. The zero-order valence-electron chi connectivity index (χ0n) is 16.3. The van der Waals surface area contributed by atoms with Crippen LogP contribution in [0.15, 0.2) is 65.6 Å². The van der Waals surface area contributed by atoms with Crippen LogP contribution in [-0.4, -0.2) is 20.7 Å². The highest BCUT2D eigenvalue weighted by Gasteiger charge is 2.29. The number of fused-ring (bicyclic) bond motifs is 1. The summed E-state index contributed by atoms with van der Waals surface area (Å²) in [4.78, 5) is 12.5. The Morgan fingerprint density at radius 1 is 0.903 bits per heavy atom. The van der Waals surface area contributed by atoms with E-state index >= 15 is 0 Å². The number of halogens is 3. The second-order valence-electron chi connectivity index (χ2n) is 7.32. The predicted octanol–water partition coefficient (Wildman–Crippen LogP) is 4.67. The van der Waals surface area contributed by atoms with Gasteiger partial charge in [-0.2, -0.15) is 0 Å². The van der Waals surface area contributed by atoms with Gasteiger partial charge in [-0.25, -0.2) is 21.6 Å². The molecule has 0 fully saturated rings. The number of hydrogen-bond donors (Lipinski definition) is 0. The van der Waals surface area contributed by atoms with E-state index in [-0.39, 0.29) is 23.4 Å². The zero-order valence-corrected chi connectivity index (χ0v) is 17.1. The van der Waals surface area contributed by atoms with Gasteiger partial charge in [0, 0.05) is 19.0 Å². The largest absolute Gasteiger partial charge is 0.294 e. The molecule has 1 aliphatic heterocycles. The van der Waals surface area contributed by atoms with Gasteiger partial charge in [-0.3, -0.25) is 9.10 Å². The summed E-state index contributed by atoms with van der Waals surface area (Å²) in [5, 5.41) is 0. The fraction of sp³-hybridized carbons (Fsp3) is 0.174. The van der Waals surface area contributed by atoms with Crippen molar-refractivity contribution < 1.29 is 26.4 Å². The molecule has 1 heterocycles. The molecule has 0 atom stereocenters. The van der Waals surface area contributed by atoms with Crippen molar-refractivity contribution in [3.05, 3.63) is 94.8 Å². The minimum atomic E-state index is -3.92. The van der Waals surface area contributed by atoms with Crippen LogP contribution in [0.1, 0.15) is 27.9 Å². The number of carbonyl (C=O) groups is 1. The Kier molecular flexibility index (Phi) is 5.58. The molecular weight excluding hydrogens is 427 g/mol. The first-order valence-corrected chi connectivity index (χ1v) is 11.1. The summed E-state index contributed by atoms with van der Waals surface area (Å²) in [6, 6.07) is 12.4. The maximum absolute atomic E-state index is 13.9. The number of anilines is 1. The topological polar surface area (TPSA) is 54.5 Å². The Balaban J connectivity index is 1.66. The van der Waals surface area contributed by atoms with Crippen molar-refractivity contribution in [3.63, 3.8) is 0 Å². The van der Waals surface area contributed by atoms with Gasteiger partial charge in [0.2, 0.25) is 0 Å². The molecule has 4 rings (SSSR count). The van der Waals surface area contributed by atoms with E-state index in [0.29, 0.717) is 30.2 Å². The van der Waals surface area contributed by atoms with E-state index in [1.54, 1.807) is 18.2 Å². The van der Waals surface area contributed by atoms with E-state index < -0.39 is 33.3 Å². The molecule has 0 spiro atoms. The van der Waals surface area contributed by atoms with Crippen LogP contribution in [0.3, 0.4) is 0 Å². The van der Waals surface area contributed by atoms with Gasteiger partial charge in [0.05, 0.1) is 16.1 Å². The van der Waals surface area contributed by atoms with Crippen LogP contribution in [-0.2, 0) is 22.9 Å². The quantitative estimate of drug-likeness (QED) is 0.537. The highest BCUT2D eigenvalue weighted by molar-refractivity contribution is 7.92. The molecule has 1 aliphatic rings. The molecular formula is C23H18F3NO3S. The molecule has 0 saturated carbocycles. The summed E-state index contributed by atoms with van der Waals surface area (Å²) in [6.45, 7) is 0.247. The minimum Gasteiger partial charge on any atom is -0.294 e. The van der Waals surface area contributed by atoms with Crippen molar-refractivity contribution in [2.45, 2.75) is 24.2 Å². The smallest absolute Gasteiger partial charge is 0.264 e. The second-order valence-corrected chi connectivity index (χ2v) is 9.18. The molecule has 31 heavy (non-hydrogen) atoms. The van der Waals surface area contributed by atoms with Gasteiger partial charge in [-0.05, 0) is 66.4 Å². The molecule has 0 radical (unpaired) electrons. The van der Waals surface area contributed by atoms with Crippen molar-refractivity contribution >= 4 is 21.5 Å². The van der Waals surface area contributed by atoms with E-state index in [2.05, 4.69) is 0 Å². The molecule has 8 heteroatoms. The fourth-order valence-electron chi connectivity index (χ4n) is 3.68. The van der Waals surface area contributed by atoms with Crippen LogP contribution >= 0.6 is 0 Å². The maximum atomic E-state index is 13.9. The number of rotatable bonds is 5. The highest BCUT2D eigenvalue weighted by atomic mass is 32.2. The third kappa shape index (κ3) is 4.20. The van der Waals surface area contributed by atoms with Crippen LogP contribution < -0.4 is 4.31 Å². The third-order valence-corrected chi connectivity index (χ3v) is 7.05. The molecule has 3 aromatic carbocycles. The predicted molar refractivity (Wildman–Crippen MR) is 110 cm³/mol. The fourth-order valence-corrected chi connectivity index (χ4v) is 5.21. The highest BCUT2D eigenvalue weighted by Crippen LogP contribution is 2.33. The van der Waals surface area contributed by atoms with Gasteiger partial charge in [0.15, 0.2) is 5.78 Å². The molecule has 0 aliphatic carbocycles. The lowest BCUT2D eigenvalue weighted by Gasteiger charge is -2.31. The summed E-state index contributed by atoms with van der Waals surface area (Å²) in [6.07, 6.45) is 1.12. The number of sulfonamides is 1. The van der Waals surface area contributed by atoms with E-state index in [4.69, 9.17) is 0 Å². The summed E-state index contributed by atoms with van der Waals surface area (Å²) in [5.41, 5.74) is 1.53. The van der Waals surface area contributed by atoms with Gasteiger partial charge in [0.25, 0.3) is 10.0 Å². The lowest BCUT2D eigenvalue weighted by molar-refractivity contribution is 0.0989. The monoisotopic (exact) mass is 445 g/mol. The number of carbonyl (C=O) groups excluding carboxylic acids is 1. The molecule has 0 saturated heterocycles. The van der Waals surface area contributed by atoms with E-state index in [9.17, 15) is 26.4 Å². The van der Waals surface area contributed by atoms with Crippen LogP contribution in [0.25, 0.3) is 0 Å². The van der Waals surface area contributed by atoms with Crippen molar-refractivity contribution in [2.75, 3.05) is 10.8 Å². The van der Waals surface area contributed by atoms with E-state index in [0.717, 1.165) is 29.8 Å². The van der Waals surface area contributed by atoms with Crippen LogP contribution in [0, 0.1) is 17.5 Å². The van der Waals surface area contributed by atoms with Crippen molar-refractivity contribution in [1.82, 2.24) is 0 Å². The minimum absolute atomic E-state index is 0.0309. The van der Waals surface area contributed by atoms with Gasteiger partial charge in [0.1, 0.15) is 17.5 Å². The standard InChI is InChI=1S/C23H18F3NO3S/c24-17-5-8-19(9-6-17)31(29,30)27-11-1-2-16-4-3-15(12-22(16)27)13-23(28)20-10-7-18(25)14-21(20)26/h3-10,12,14H,1-2,11,13H2. The van der Waals surface area contributed by atoms with Gasteiger partial charge in [-0.1, -0.05) is 12.1 Å². The van der Waals surface area contributed by atoms with Gasteiger partial charge in [-0.15, -0.1) is 0 Å². The van der Waals surface area contributed by atoms with Crippen LogP contribution in [0.4, 0.5) is 18.9 Å².